The van der Waals surface area contributed by atoms with Crippen molar-refractivity contribution in [2.75, 3.05) is 63.7 Å². The molecule has 0 saturated carbocycles. The van der Waals surface area contributed by atoms with Gasteiger partial charge in [-0.25, -0.2) is 0 Å². The fourth-order valence-corrected chi connectivity index (χ4v) is 5.70. The van der Waals surface area contributed by atoms with Crippen LogP contribution in [0, 0.1) is 5.41 Å². The maximum Gasteiger partial charge on any atom is 0.253 e. The van der Waals surface area contributed by atoms with E-state index in [1.807, 2.05) is 25.7 Å². The summed E-state index contributed by atoms with van der Waals surface area (Å²) in [5.41, 5.74) is 1.51. The first-order valence-corrected chi connectivity index (χ1v) is 14.5. The van der Waals surface area contributed by atoms with Gasteiger partial charge in [0.15, 0.2) is 0 Å². The van der Waals surface area contributed by atoms with Crippen molar-refractivity contribution in [2.45, 2.75) is 45.7 Å². The minimum atomic E-state index is -0.266. The molecule has 1 amide bonds. The van der Waals surface area contributed by atoms with Crippen molar-refractivity contribution in [1.29, 1.82) is 0 Å². The number of hydrogen-bond acceptors (Lipinski definition) is 9. The van der Waals surface area contributed by atoms with Crippen molar-refractivity contribution < 1.29 is 19.4 Å². The fraction of sp³-hybridized carbons (Fsp3) is 0.552. The molecule has 0 spiro atoms. The van der Waals surface area contributed by atoms with Gasteiger partial charge in [-0.2, -0.15) is 9.97 Å². The van der Waals surface area contributed by atoms with E-state index in [0.29, 0.717) is 50.9 Å². The number of benzene rings is 1. The molecule has 222 valence electrons. The number of aliphatic hydroxyl groups is 1. The van der Waals surface area contributed by atoms with E-state index in [1.165, 1.54) is 0 Å². The lowest BCUT2D eigenvalue weighted by Gasteiger charge is -2.40. The molecule has 4 heterocycles. The van der Waals surface area contributed by atoms with Gasteiger partial charge in [-0.15, -0.1) is 0 Å². The molecule has 1 aromatic carbocycles. The Bertz CT molecular complexity index is 1360. The van der Waals surface area contributed by atoms with Crippen molar-refractivity contribution in [2.24, 2.45) is 5.41 Å². The Morgan fingerprint density at radius 1 is 1.22 bits per heavy atom. The molecule has 1 atom stereocenters. The summed E-state index contributed by atoms with van der Waals surface area (Å²) in [6.07, 6.45) is 3.59. The van der Waals surface area contributed by atoms with Crippen LogP contribution >= 0.6 is 11.6 Å². The van der Waals surface area contributed by atoms with Gasteiger partial charge in [0.25, 0.3) is 5.91 Å². The maximum absolute atomic E-state index is 13.4. The Morgan fingerprint density at radius 3 is 2.61 bits per heavy atom. The summed E-state index contributed by atoms with van der Waals surface area (Å²) in [6, 6.07) is 5.60. The summed E-state index contributed by atoms with van der Waals surface area (Å²) in [6.45, 7) is 11.0. The van der Waals surface area contributed by atoms with E-state index in [1.54, 1.807) is 31.5 Å². The number of aliphatic hydroxyl groups excluding tert-OH is 1. The van der Waals surface area contributed by atoms with Crippen molar-refractivity contribution in [3.8, 4) is 5.75 Å². The van der Waals surface area contributed by atoms with Gasteiger partial charge in [-0.05, 0) is 36.5 Å². The third-order valence-electron chi connectivity index (χ3n) is 8.03. The van der Waals surface area contributed by atoms with Gasteiger partial charge in [-0.1, -0.05) is 32.4 Å². The molecule has 2 aromatic heterocycles. The van der Waals surface area contributed by atoms with Crippen LogP contribution in [-0.4, -0.2) is 101 Å². The summed E-state index contributed by atoms with van der Waals surface area (Å²) >= 11 is 6.44. The molecule has 12 heteroatoms. The summed E-state index contributed by atoms with van der Waals surface area (Å²) < 4.78 is 11.1. The Balaban J connectivity index is 1.32. The van der Waals surface area contributed by atoms with E-state index in [2.05, 4.69) is 25.5 Å². The number of rotatable bonds is 8. The van der Waals surface area contributed by atoms with Gasteiger partial charge < -0.3 is 35.1 Å². The summed E-state index contributed by atoms with van der Waals surface area (Å²) in [5.74, 6) is 1.32. The van der Waals surface area contributed by atoms with Crippen LogP contribution in [0.5, 0.6) is 5.75 Å². The zero-order valence-corrected chi connectivity index (χ0v) is 24.9. The number of amides is 1. The number of nitrogens with one attached hydrogen (secondary N) is 3. The lowest BCUT2D eigenvalue weighted by molar-refractivity contribution is 0.00159. The smallest absolute Gasteiger partial charge is 0.253 e. The molecule has 3 aromatic rings. The molecule has 0 aliphatic carbocycles. The van der Waals surface area contributed by atoms with E-state index in [0.717, 1.165) is 52.2 Å². The number of fused-ring (bicyclic) bond motifs is 1. The van der Waals surface area contributed by atoms with Crippen molar-refractivity contribution in [3.63, 3.8) is 0 Å². The molecule has 11 nitrogen and oxygen atoms in total. The standard InChI is InChI=1S/C29H40ClN7O4/c1-29(2,3)23(17-38)33-26-24-20(30)16-31-25(24)34-28(35-26)32-21-6-5-18(15-22(21)40-4)27(39)37-9-7-19(8-10-37)36-11-13-41-14-12-36/h5-6,15-16,19,23,38H,7-14,17H2,1-4H3,(H3,31,32,33,34,35)/t23-/m1/s1. The number of piperidine rings is 1. The predicted molar refractivity (Wildman–Crippen MR) is 160 cm³/mol. The van der Waals surface area contributed by atoms with E-state index in [9.17, 15) is 9.90 Å². The third kappa shape index (κ3) is 6.53. The van der Waals surface area contributed by atoms with Gasteiger partial charge in [0.2, 0.25) is 5.95 Å². The average Bonchev–Trinajstić information content (AvgIpc) is 3.36. The van der Waals surface area contributed by atoms with Gasteiger partial charge in [-0.3, -0.25) is 9.69 Å². The molecule has 2 aliphatic rings. The summed E-state index contributed by atoms with van der Waals surface area (Å²) in [5, 5.41) is 17.7. The Morgan fingerprint density at radius 2 is 1.95 bits per heavy atom. The number of ether oxygens (including phenoxy) is 2. The number of H-pyrrole nitrogens is 1. The Labute approximate surface area is 245 Å². The first kappa shape index (κ1) is 29.4. The van der Waals surface area contributed by atoms with Crippen molar-refractivity contribution in [1.82, 2.24) is 24.8 Å². The van der Waals surface area contributed by atoms with Crippen LogP contribution in [0.1, 0.15) is 44.0 Å². The van der Waals surface area contributed by atoms with E-state index < -0.39 is 0 Å². The van der Waals surface area contributed by atoms with Gasteiger partial charge in [0.05, 0.1) is 49.1 Å². The van der Waals surface area contributed by atoms with Crippen LogP contribution in [0.2, 0.25) is 5.02 Å². The lowest BCUT2D eigenvalue weighted by atomic mass is 9.87. The topological polar surface area (TPSA) is 128 Å². The predicted octanol–water partition coefficient (Wildman–Crippen LogP) is 4.12. The number of nitrogens with zero attached hydrogens (tertiary/aromatic N) is 4. The van der Waals surface area contributed by atoms with Crippen LogP contribution in [0.4, 0.5) is 17.5 Å². The monoisotopic (exact) mass is 585 g/mol. The quantitative estimate of drug-likeness (QED) is 0.309. The van der Waals surface area contributed by atoms with E-state index in [4.69, 9.17) is 26.1 Å². The number of likely N-dealkylation sites (tertiary alicyclic amines) is 1. The minimum Gasteiger partial charge on any atom is -0.495 e. The maximum atomic E-state index is 13.4. The highest BCUT2D eigenvalue weighted by Gasteiger charge is 2.29. The van der Waals surface area contributed by atoms with Gasteiger partial charge in [0.1, 0.15) is 17.2 Å². The van der Waals surface area contributed by atoms with E-state index >= 15 is 0 Å². The molecule has 0 unspecified atom stereocenters. The first-order valence-electron chi connectivity index (χ1n) is 14.2. The average molecular weight is 586 g/mol. The Hall–Kier alpha value is -3.12. The zero-order chi connectivity index (χ0) is 29.1. The zero-order valence-electron chi connectivity index (χ0n) is 24.2. The largest absolute Gasteiger partial charge is 0.495 e. The molecule has 2 saturated heterocycles. The molecular formula is C29H40ClN7O4. The second kappa shape index (κ2) is 12.4. The molecule has 4 N–H and O–H groups in total. The van der Waals surface area contributed by atoms with Gasteiger partial charge >= 0.3 is 0 Å². The Kier molecular flexibility index (Phi) is 8.88. The molecular weight excluding hydrogens is 546 g/mol. The summed E-state index contributed by atoms with van der Waals surface area (Å²) in [7, 11) is 1.57. The van der Waals surface area contributed by atoms with Crippen molar-refractivity contribution >= 4 is 46.0 Å². The number of anilines is 3. The first-order chi connectivity index (χ1) is 19.7. The number of aromatic amines is 1. The number of methoxy groups -OCH3 is 1. The molecule has 5 rings (SSSR count). The number of aromatic nitrogens is 3. The SMILES string of the molecule is COc1cc(C(=O)N2CCC(N3CCOCC3)CC2)ccc1Nc1nc(N[C@H](CO)C(C)(C)C)c2c(Cl)c[nH]c2n1. The molecule has 2 aliphatic heterocycles. The third-order valence-corrected chi connectivity index (χ3v) is 8.33. The number of morpholine rings is 1. The minimum absolute atomic E-state index is 0.00214. The second-order valence-electron chi connectivity index (χ2n) is 11.7. The van der Waals surface area contributed by atoms with E-state index in [-0.39, 0.29) is 24.0 Å². The van der Waals surface area contributed by atoms with Crippen LogP contribution in [0.25, 0.3) is 11.0 Å². The molecule has 0 bridgehead atoms. The lowest BCUT2D eigenvalue weighted by Crippen LogP contribution is -2.50. The normalized spacial score (nSPS) is 18.0. The molecule has 41 heavy (non-hydrogen) atoms. The number of carbonyl (C=O) groups excluding carboxylic acids is 1. The molecule has 0 radical (unpaired) electrons. The fourth-order valence-electron chi connectivity index (χ4n) is 5.46. The molecule has 2 fully saturated rings. The van der Waals surface area contributed by atoms with Crippen LogP contribution in [0.3, 0.4) is 0 Å². The van der Waals surface area contributed by atoms with Crippen molar-refractivity contribution in [3.05, 3.63) is 35.0 Å². The number of halogens is 1. The highest BCUT2D eigenvalue weighted by atomic mass is 35.5. The second-order valence-corrected chi connectivity index (χ2v) is 12.1. The highest BCUT2D eigenvalue weighted by Crippen LogP contribution is 2.34. The van der Waals surface area contributed by atoms with Crippen LogP contribution < -0.4 is 15.4 Å². The summed E-state index contributed by atoms with van der Waals surface area (Å²) in [4.78, 5) is 30.2. The highest BCUT2D eigenvalue weighted by molar-refractivity contribution is 6.36. The van der Waals surface area contributed by atoms with Gasteiger partial charge in [0, 0.05) is 44.0 Å². The number of hydrogen-bond donors (Lipinski definition) is 4. The van der Waals surface area contributed by atoms with Crippen LogP contribution in [0.15, 0.2) is 24.4 Å². The van der Waals surface area contributed by atoms with Crippen LogP contribution in [-0.2, 0) is 4.74 Å². The number of carbonyl (C=O) groups is 1.